The minimum atomic E-state index is -3.49. The molecule has 0 N–H and O–H groups in total. The number of sulfone groups is 1. The van der Waals surface area contributed by atoms with E-state index in [0.717, 1.165) is 18.4 Å². The second-order valence-corrected chi connectivity index (χ2v) is 6.50. The number of rotatable bonds is 5. The predicted octanol–water partition coefficient (Wildman–Crippen LogP) is 2.01. The van der Waals surface area contributed by atoms with Crippen LogP contribution in [0.4, 0.5) is 4.39 Å². The number of benzene rings is 1. The topological polar surface area (TPSA) is 77.5 Å². The lowest BCUT2D eigenvalue weighted by Crippen LogP contribution is -2.07. The molecule has 8 heteroatoms. The van der Waals surface area contributed by atoms with Crippen molar-refractivity contribution in [3.63, 3.8) is 0 Å². The van der Waals surface area contributed by atoms with Gasteiger partial charge in [0, 0.05) is 12.3 Å². The Kier molecular flexibility index (Phi) is 8.12. The Bertz CT molecular complexity index is 613. The number of ketones is 2. The standard InChI is InChI=1S/C10H11FO4S.C3H5ClO/c1-7(12)6-15-9-3-8(11)4-10(5-9)16(2,13)14;1-3(5)2-4/h3-5H,6H2,1-2H3;2H2,1H3. The first-order valence-electron chi connectivity index (χ1n) is 5.74. The lowest BCUT2D eigenvalue weighted by Gasteiger charge is -2.06. The van der Waals surface area contributed by atoms with Gasteiger partial charge in [0.25, 0.3) is 0 Å². The van der Waals surface area contributed by atoms with Crippen LogP contribution < -0.4 is 4.74 Å². The molecule has 0 aromatic heterocycles. The van der Waals surface area contributed by atoms with E-state index in [2.05, 4.69) is 0 Å². The zero-order valence-corrected chi connectivity index (χ0v) is 13.4. The molecule has 1 aromatic rings. The summed E-state index contributed by atoms with van der Waals surface area (Å²) in [6, 6.07) is 3.11. The molecule has 0 aliphatic rings. The van der Waals surface area contributed by atoms with Crippen molar-refractivity contribution in [2.45, 2.75) is 18.7 Å². The van der Waals surface area contributed by atoms with E-state index < -0.39 is 15.7 Å². The molecule has 0 amide bonds. The molecule has 0 spiro atoms. The fourth-order valence-corrected chi connectivity index (χ4v) is 1.68. The Hall–Kier alpha value is -1.47. The smallest absolute Gasteiger partial charge is 0.175 e. The third-order valence-corrected chi connectivity index (χ3v) is 3.37. The predicted molar refractivity (Wildman–Crippen MR) is 77.1 cm³/mol. The van der Waals surface area contributed by atoms with E-state index in [1.54, 1.807) is 0 Å². The van der Waals surface area contributed by atoms with Crippen molar-refractivity contribution in [3.8, 4) is 5.75 Å². The second kappa shape index (κ2) is 8.74. The highest BCUT2D eigenvalue weighted by Gasteiger charge is 2.11. The van der Waals surface area contributed by atoms with Gasteiger partial charge < -0.3 is 4.74 Å². The van der Waals surface area contributed by atoms with Crippen LogP contribution >= 0.6 is 11.6 Å². The third-order valence-electron chi connectivity index (χ3n) is 1.90. The van der Waals surface area contributed by atoms with E-state index >= 15 is 0 Å². The van der Waals surface area contributed by atoms with Gasteiger partial charge >= 0.3 is 0 Å². The minimum Gasteiger partial charge on any atom is -0.486 e. The van der Waals surface area contributed by atoms with Crippen molar-refractivity contribution >= 4 is 33.0 Å². The summed E-state index contributed by atoms with van der Waals surface area (Å²) in [6.07, 6.45) is 0.969. The average Bonchev–Trinajstić information content (AvgIpc) is 2.35. The summed E-state index contributed by atoms with van der Waals surface area (Å²) in [5.74, 6) is -0.770. The summed E-state index contributed by atoms with van der Waals surface area (Å²) in [5, 5.41) is 0. The van der Waals surface area contributed by atoms with Gasteiger partial charge in [-0.15, -0.1) is 11.6 Å². The summed E-state index contributed by atoms with van der Waals surface area (Å²) in [7, 11) is -3.49. The van der Waals surface area contributed by atoms with E-state index in [0.29, 0.717) is 0 Å². The van der Waals surface area contributed by atoms with Gasteiger partial charge in [0.05, 0.1) is 10.8 Å². The van der Waals surface area contributed by atoms with E-state index in [1.165, 1.54) is 19.9 Å². The van der Waals surface area contributed by atoms with Crippen LogP contribution in [0, 0.1) is 5.82 Å². The number of alkyl halides is 1. The van der Waals surface area contributed by atoms with Gasteiger partial charge in [0.1, 0.15) is 24.0 Å². The first-order chi connectivity index (χ1) is 9.56. The SMILES string of the molecule is CC(=O)CCl.CC(=O)COc1cc(F)cc(S(C)(=O)=O)c1. The zero-order chi connectivity index (χ0) is 16.6. The molecule has 5 nitrogen and oxygen atoms in total. The van der Waals surface area contributed by atoms with Gasteiger partial charge in [-0.3, -0.25) is 9.59 Å². The van der Waals surface area contributed by atoms with E-state index in [1.807, 2.05) is 0 Å². The quantitative estimate of drug-likeness (QED) is 0.767. The van der Waals surface area contributed by atoms with Crippen LogP contribution in [0.15, 0.2) is 23.1 Å². The summed E-state index contributed by atoms with van der Waals surface area (Å²) in [6.45, 7) is 2.55. The Morgan fingerprint density at radius 2 is 1.71 bits per heavy atom. The molecular weight excluding hydrogens is 323 g/mol. The average molecular weight is 339 g/mol. The van der Waals surface area contributed by atoms with Gasteiger partial charge in [0.15, 0.2) is 15.6 Å². The van der Waals surface area contributed by atoms with Crippen molar-refractivity contribution in [1.29, 1.82) is 0 Å². The third kappa shape index (κ3) is 9.14. The Morgan fingerprint density at radius 1 is 1.19 bits per heavy atom. The summed E-state index contributed by atoms with van der Waals surface area (Å²) >= 11 is 4.99. The molecule has 0 aliphatic heterocycles. The zero-order valence-electron chi connectivity index (χ0n) is 11.9. The maximum absolute atomic E-state index is 13.1. The lowest BCUT2D eigenvalue weighted by molar-refractivity contribution is -0.119. The molecule has 1 rings (SSSR count). The molecule has 0 saturated carbocycles. The van der Waals surface area contributed by atoms with Gasteiger partial charge in [-0.1, -0.05) is 0 Å². The number of carbonyl (C=O) groups is 2. The fourth-order valence-electron chi connectivity index (χ4n) is 1.02. The number of ether oxygens (including phenoxy) is 1. The van der Waals surface area contributed by atoms with Crippen LogP contribution in [0.1, 0.15) is 13.8 Å². The summed E-state index contributed by atoms with van der Waals surface area (Å²) in [4.78, 5) is 20.2. The van der Waals surface area contributed by atoms with Crippen molar-refractivity contribution in [3.05, 3.63) is 24.0 Å². The van der Waals surface area contributed by atoms with Crippen LogP contribution in [-0.4, -0.2) is 38.7 Å². The highest BCUT2D eigenvalue weighted by atomic mass is 35.5. The second-order valence-electron chi connectivity index (χ2n) is 4.22. The fraction of sp³-hybridized carbons (Fsp3) is 0.385. The molecule has 0 aliphatic carbocycles. The lowest BCUT2D eigenvalue weighted by atomic mass is 10.3. The summed E-state index contributed by atoms with van der Waals surface area (Å²) in [5.41, 5.74) is 0. The Morgan fingerprint density at radius 3 is 2.10 bits per heavy atom. The number of Topliss-reactive ketones (excluding diaryl/α,β-unsaturated/α-hetero) is 2. The molecule has 0 unspecified atom stereocenters. The minimum absolute atomic E-state index is 0.0201. The maximum Gasteiger partial charge on any atom is 0.175 e. The molecule has 0 radical (unpaired) electrons. The highest BCUT2D eigenvalue weighted by molar-refractivity contribution is 7.90. The monoisotopic (exact) mass is 338 g/mol. The number of carbonyl (C=O) groups excluding carboxylic acids is 2. The molecular formula is C13H16ClFO5S. The van der Waals surface area contributed by atoms with E-state index in [4.69, 9.17) is 16.3 Å². The molecule has 1 aromatic carbocycles. The van der Waals surface area contributed by atoms with Gasteiger partial charge in [0.2, 0.25) is 0 Å². The van der Waals surface area contributed by atoms with Crippen LogP contribution in [0.5, 0.6) is 5.75 Å². The van der Waals surface area contributed by atoms with E-state index in [9.17, 15) is 22.4 Å². The van der Waals surface area contributed by atoms with Crippen molar-refractivity contribution < 1.29 is 27.1 Å². The molecule has 0 heterocycles. The van der Waals surface area contributed by atoms with Gasteiger partial charge in [-0.05, 0) is 26.0 Å². The Balaban J connectivity index is 0.000000690. The Labute approximate surface area is 128 Å². The molecule has 118 valence electrons. The van der Waals surface area contributed by atoms with Crippen LogP contribution in [-0.2, 0) is 19.4 Å². The number of hydrogen-bond donors (Lipinski definition) is 0. The van der Waals surface area contributed by atoms with Crippen LogP contribution in [0.2, 0.25) is 0 Å². The maximum atomic E-state index is 13.1. The molecule has 0 atom stereocenters. The first kappa shape index (κ1) is 19.5. The van der Waals surface area contributed by atoms with Crippen LogP contribution in [0.25, 0.3) is 0 Å². The number of halogens is 2. The molecule has 0 bridgehead atoms. The van der Waals surface area contributed by atoms with Gasteiger partial charge in [-0.2, -0.15) is 0 Å². The van der Waals surface area contributed by atoms with E-state index in [-0.39, 0.29) is 34.7 Å². The van der Waals surface area contributed by atoms with Crippen LogP contribution in [0.3, 0.4) is 0 Å². The molecule has 0 saturated heterocycles. The molecule has 21 heavy (non-hydrogen) atoms. The summed E-state index contributed by atoms with van der Waals surface area (Å²) < 4.78 is 40.4. The van der Waals surface area contributed by atoms with Gasteiger partial charge in [-0.25, -0.2) is 12.8 Å². The first-order valence-corrected chi connectivity index (χ1v) is 8.17. The van der Waals surface area contributed by atoms with Crippen molar-refractivity contribution in [2.75, 3.05) is 18.7 Å². The largest absolute Gasteiger partial charge is 0.486 e. The normalized spacial score (nSPS) is 10.3. The van der Waals surface area contributed by atoms with Crippen molar-refractivity contribution in [2.24, 2.45) is 0 Å². The molecule has 0 fully saturated rings. The number of hydrogen-bond acceptors (Lipinski definition) is 5. The highest BCUT2D eigenvalue weighted by Crippen LogP contribution is 2.20. The van der Waals surface area contributed by atoms with Crippen molar-refractivity contribution in [1.82, 2.24) is 0 Å².